The van der Waals surface area contributed by atoms with Gasteiger partial charge in [0.05, 0.1) is 33.0 Å². The Labute approximate surface area is 273 Å². The van der Waals surface area contributed by atoms with Crippen LogP contribution in [0.2, 0.25) is 0 Å². The highest BCUT2D eigenvalue weighted by Gasteiger charge is 2.32. The van der Waals surface area contributed by atoms with Crippen molar-refractivity contribution in [1.82, 2.24) is 5.32 Å². The number of ether oxygens (including phenoxy) is 4. The van der Waals surface area contributed by atoms with Crippen molar-refractivity contribution in [3.8, 4) is 5.75 Å². The van der Waals surface area contributed by atoms with E-state index >= 15 is 0 Å². The van der Waals surface area contributed by atoms with E-state index in [1.807, 2.05) is 91.0 Å². The average molecular weight is 643 g/mol. The molecule has 4 atom stereocenters. The SMILES string of the molecule is COC(=O)[C@H](Cc1ccccc1)NC(=O)Nc1ccc([C@@H]2O[C@H](CSc3ccccc3OC)C[C@H](c3ccc(CO)cc3)O2)cc1. The fourth-order valence-corrected chi connectivity index (χ4v) is 6.23. The predicted octanol–water partition coefficient (Wildman–Crippen LogP) is 6.43. The largest absolute Gasteiger partial charge is 0.496 e. The van der Waals surface area contributed by atoms with Crippen molar-refractivity contribution in [3.63, 3.8) is 0 Å². The van der Waals surface area contributed by atoms with Gasteiger partial charge < -0.3 is 34.7 Å². The molecule has 9 nitrogen and oxygen atoms in total. The second kappa shape index (κ2) is 16.3. The van der Waals surface area contributed by atoms with E-state index in [-0.39, 0.29) is 18.8 Å². The van der Waals surface area contributed by atoms with Gasteiger partial charge in [-0.3, -0.25) is 0 Å². The van der Waals surface area contributed by atoms with E-state index in [1.165, 1.54) is 7.11 Å². The molecule has 0 unspecified atom stereocenters. The number of amides is 2. The molecule has 1 saturated heterocycles. The van der Waals surface area contributed by atoms with E-state index < -0.39 is 24.3 Å². The van der Waals surface area contributed by atoms with Crippen molar-refractivity contribution >= 4 is 29.4 Å². The standard InChI is InChI=1S/C36H38N2O7S/c1-42-31-10-6-7-11-33(31)46-23-29-21-32(26-14-12-25(22-39)13-15-26)45-35(44-29)27-16-18-28(19-17-27)37-36(41)38-30(34(40)43-2)20-24-8-4-3-5-9-24/h3-19,29-30,32,35,39H,20-23H2,1-2H3,(H2,37,38,41)/t29-,30-,32+,35+/m0/s1. The monoisotopic (exact) mass is 642 g/mol. The van der Waals surface area contributed by atoms with E-state index in [4.69, 9.17) is 18.9 Å². The average Bonchev–Trinajstić information content (AvgIpc) is 3.10. The maximum absolute atomic E-state index is 12.8. The number of thioether (sulfide) groups is 1. The normalized spacial score (nSPS) is 18.3. The molecule has 0 aromatic heterocycles. The number of anilines is 1. The Bertz CT molecular complexity index is 1570. The number of carbonyl (C=O) groups is 2. The van der Waals surface area contributed by atoms with Gasteiger partial charge in [-0.15, -0.1) is 11.8 Å². The van der Waals surface area contributed by atoms with Crippen LogP contribution in [0.4, 0.5) is 10.5 Å². The van der Waals surface area contributed by atoms with E-state index in [1.54, 1.807) is 31.0 Å². The molecule has 4 aromatic carbocycles. The summed E-state index contributed by atoms with van der Waals surface area (Å²) in [5, 5.41) is 15.0. The molecule has 0 saturated carbocycles. The van der Waals surface area contributed by atoms with Crippen LogP contribution in [-0.4, -0.2) is 49.2 Å². The number of methoxy groups -OCH3 is 2. The minimum atomic E-state index is -0.843. The first kappa shape index (κ1) is 33.0. The molecule has 10 heteroatoms. The van der Waals surface area contributed by atoms with Crippen LogP contribution in [-0.2, 0) is 32.0 Å². The molecule has 240 valence electrons. The minimum absolute atomic E-state index is 0.0233. The van der Waals surface area contributed by atoms with Crippen LogP contribution in [0.15, 0.2) is 108 Å². The summed E-state index contributed by atoms with van der Waals surface area (Å²) in [7, 11) is 2.96. The fraction of sp³-hybridized carbons (Fsp3) is 0.278. The fourth-order valence-electron chi connectivity index (χ4n) is 5.18. The van der Waals surface area contributed by atoms with Gasteiger partial charge in [-0.2, -0.15) is 0 Å². The summed E-state index contributed by atoms with van der Waals surface area (Å²) in [5.74, 6) is 0.979. The summed E-state index contributed by atoms with van der Waals surface area (Å²) in [4.78, 5) is 26.2. The van der Waals surface area contributed by atoms with Gasteiger partial charge in [0.2, 0.25) is 0 Å². The van der Waals surface area contributed by atoms with Gasteiger partial charge in [0, 0.05) is 34.7 Å². The van der Waals surface area contributed by atoms with Crippen molar-refractivity contribution in [1.29, 1.82) is 0 Å². The van der Waals surface area contributed by atoms with E-state index in [0.29, 0.717) is 24.3 Å². The molecular weight excluding hydrogens is 604 g/mol. The van der Waals surface area contributed by atoms with Crippen molar-refractivity contribution < 1.29 is 33.6 Å². The minimum Gasteiger partial charge on any atom is -0.496 e. The van der Waals surface area contributed by atoms with Crippen LogP contribution in [0.25, 0.3) is 0 Å². The third kappa shape index (κ3) is 8.88. The lowest BCUT2D eigenvalue weighted by atomic mass is 10.0. The third-order valence-electron chi connectivity index (χ3n) is 7.62. The zero-order chi connectivity index (χ0) is 32.3. The molecular formula is C36H38N2O7S. The number of rotatable bonds is 12. The number of carbonyl (C=O) groups excluding carboxylic acids is 2. The molecule has 1 fully saturated rings. The van der Waals surface area contributed by atoms with Gasteiger partial charge in [-0.1, -0.05) is 78.9 Å². The Kier molecular flexibility index (Phi) is 11.7. The first-order valence-corrected chi connectivity index (χ1v) is 16.0. The van der Waals surface area contributed by atoms with Crippen LogP contribution in [0, 0.1) is 0 Å². The quantitative estimate of drug-likeness (QED) is 0.120. The molecule has 1 aliphatic rings. The van der Waals surface area contributed by atoms with Gasteiger partial charge in [-0.25, -0.2) is 9.59 Å². The number of hydrogen-bond acceptors (Lipinski definition) is 8. The first-order valence-electron chi connectivity index (χ1n) is 15.0. The van der Waals surface area contributed by atoms with Gasteiger partial charge in [0.25, 0.3) is 0 Å². The highest BCUT2D eigenvalue weighted by molar-refractivity contribution is 7.99. The first-order chi connectivity index (χ1) is 22.4. The summed E-state index contributed by atoms with van der Waals surface area (Å²) in [6.07, 6.45) is -0.0346. The Morgan fingerprint density at radius 2 is 1.57 bits per heavy atom. The molecule has 1 aliphatic heterocycles. The highest BCUT2D eigenvalue weighted by Crippen LogP contribution is 2.40. The molecule has 4 aromatic rings. The van der Waals surface area contributed by atoms with Gasteiger partial charge in [-0.05, 0) is 41.0 Å². The molecule has 2 amide bonds. The second-order valence-corrected chi connectivity index (χ2v) is 11.9. The maximum Gasteiger partial charge on any atom is 0.328 e. The van der Waals surface area contributed by atoms with Crippen molar-refractivity contribution in [2.75, 3.05) is 25.3 Å². The smallest absolute Gasteiger partial charge is 0.328 e. The predicted molar refractivity (Wildman–Crippen MR) is 177 cm³/mol. The van der Waals surface area contributed by atoms with Crippen LogP contribution in [0.3, 0.4) is 0 Å². The molecule has 0 bridgehead atoms. The zero-order valence-electron chi connectivity index (χ0n) is 25.8. The van der Waals surface area contributed by atoms with Gasteiger partial charge in [0.1, 0.15) is 11.8 Å². The van der Waals surface area contributed by atoms with Crippen molar-refractivity contribution in [3.05, 3.63) is 125 Å². The van der Waals surface area contributed by atoms with Crippen LogP contribution >= 0.6 is 11.8 Å². The molecule has 0 spiro atoms. The number of para-hydroxylation sites is 1. The molecule has 5 rings (SSSR count). The number of nitrogens with one attached hydrogen (secondary N) is 2. The van der Waals surface area contributed by atoms with Crippen molar-refractivity contribution in [2.24, 2.45) is 0 Å². The molecule has 3 N–H and O–H groups in total. The third-order valence-corrected chi connectivity index (χ3v) is 8.81. The van der Waals surface area contributed by atoms with E-state index in [9.17, 15) is 14.7 Å². The summed E-state index contributed by atoms with van der Waals surface area (Å²) in [6.45, 7) is -0.0233. The lowest BCUT2D eigenvalue weighted by Gasteiger charge is -2.36. The molecule has 0 radical (unpaired) electrons. The van der Waals surface area contributed by atoms with Crippen LogP contribution < -0.4 is 15.4 Å². The topological polar surface area (TPSA) is 115 Å². The number of aliphatic hydroxyl groups excluding tert-OH is 1. The Hall–Kier alpha value is -4.35. The van der Waals surface area contributed by atoms with Crippen LogP contribution in [0.5, 0.6) is 5.75 Å². The number of aliphatic hydroxyl groups is 1. The van der Waals surface area contributed by atoms with E-state index in [2.05, 4.69) is 10.6 Å². The molecule has 1 heterocycles. The molecule has 0 aliphatic carbocycles. The van der Waals surface area contributed by atoms with Crippen molar-refractivity contribution in [2.45, 2.75) is 48.9 Å². The summed E-state index contributed by atoms with van der Waals surface area (Å²) in [5.41, 5.74) is 4.08. The van der Waals surface area contributed by atoms with Gasteiger partial charge in [0.15, 0.2) is 6.29 Å². The Morgan fingerprint density at radius 3 is 2.26 bits per heavy atom. The maximum atomic E-state index is 12.8. The summed E-state index contributed by atoms with van der Waals surface area (Å²) >= 11 is 1.67. The summed E-state index contributed by atoms with van der Waals surface area (Å²) < 4.78 is 23.3. The number of urea groups is 1. The lowest BCUT2D eigenvalue weighted by molar-refractivity contribution is -0.245. The van der Waals surface area contributed by atoms with Gasteiger partial charge >= 0.3 is 12.0 Å². The highest BCUT2D eigenvalue weighted by atomic mass is 32.2. The second-order valence-electron chi connectivity index (χ2n) is 10.8. The zero-order valence-corrected chi connectivity index (χ0v) is 26.6. The summed E-state index contributed by atoms with van der Waals surface area (Å²) in [6, 6.07) is 31.0. The Balaban J connectivity index is 1.26. The van der Waals surface area contributed by atoms with Crippen LogP contribution in [0.1, 0.15) is 41.1 Å². The van der Waals surface area contributed by atoms with E-state index in [0.717, 1.165) is 32.9 Å². The number of hydrogen-bond donors (Lipinski definition) is 3. The molecule has 46 heavy (non-hydrogen) atoms. The Morgan fingerprint density at radius 1 is 0.870 bits per heavy atom. The number of benzene rings is 4. The lowest BCUT2D eigenvalue weighted by Crippen LogP contribution is -2.45. The number of esters is 1.